The molecule has 0 spiro atoms. The Balaban J connectivity index is 1.91. The van der Waals surface area contributed by atoms with Crippen LogP contribution in [-0.2, 0) is 9.53 Å². The van der Waals surface area contributed by atoms with Crippen molar-refractivity contribution < 1.29 is 9.53 Å². The van der Waals surface area contributed by atoms with Crippen molar-refractivity contribution in [3.05, 3.63) is 18.0 Å². The summed E-state index contributed by atoms with van der Waals surface area (Å²) in [4.78, 5) is 21.7. The number of carbonyl (C=O) groups is 1. The molecule has 6 nitrogen and oxygen atoms in total. The number of likely N-dealkylation sites (N-methyl/N-ethyl adjacent to an activating group) is 1. The minimum atomic E-state index is -0.333. The maximum absolute atomic E-state index is 11.0. The Kier molecular flexibility index (Phi) is 4.09. The molecule has 0 saturated carbocycles. The first-order valence-corrected chi connectivity index (χ1v) is 6.00. The SMILES string of the molecule is COC(=O)CNc1ncc(C2CCN(C)C2)cn1. The normalized spacial score (nSPS) is 19.8. The summed E-state index contributed by atoms with van der Waals surface area (Å²) in [6.07, 6.45) is 4.81. The van der Waals surface area contributed by atoms with E-state index in [0.29, 0.717) is 11.9 Å². The average Bonchev–Trinajstić information content (AvgIpc) is 2.83. The molecule has 2 heterocycles. The number of esters is 1. The van der Waals surface area contributed by atoms with Crippen molar-refractivity contribution >= 4 is 11.9 Å². The van der Waals surface area contributed by atoms with E-state index in [4.69, 9.17) is 0 Å². The number of ether oxygens (including phenoxy) is 1. The molecule has 0 amide bonds. The fourth-order valence-corrected chi connectivity index (χ4v) is 2.07. The van der Waals surface area contributed by atoms with Crippen LogP contribution in [0.5, 0.6) is 0 Å². The second-order valence-electron chi connectivity index (χ2n) is 4.52. The molecule has 0 aromatic carbocycles. The third-order valence-corrected chi connectivity index (χ3v) is 3.15. The lowest BCUT2D eigenvalue weighted by atomic mass is 10.0. The van der Waals surface area contributed by atoms with E-state index in [1.165, 1.54) is 7.11 Å². The van der Waals surface area contributed by atoms with Gasteiger partial charge in [-0.3, -0.25) is 4.79 Å². The Hall–Kier alpha value is -1.69. The summed E-state index contributed by atoms with van der Waals surface area (Å²) in [6.45, 7) is 2.26. The third-order valence-electron chi connectivity index (χ3n) is 3.15. The number of rotatable bonds is 4. The second kappa shape index (κ2) is 5.77. The van der Waals surface area contributed by atoms with Crippen molar-refractivity contribution in [3.63, 3.8) is 0 Å². The number of aromatic nitrogens is 2. The summed E-state index contributed by atoms with van der Waals surface area (Å²) in [7, 11) is 3.47. The highest BCUT2D eigenvalue weighted by molar-refractivity contribution is 5.73. The number of nitrogens with zero attached hydrogens (tertiary/aromatic N) is 3. The lowest BCUT2D eigenvalue weighted by molar-refractivity contribution is -0.138. The standard InChI is InChI=1S/C12H18N4O2/c1-16-4-3-9(8-16)10-5-13-12(14-6-10)15-7-11(17)18-2/h5-6,9H,3-4,7-8H2,1-2H3,(H,13,14,15). The Morgan fingerprint density at radius 2 is 2.28 bits per heavy atom. The zero-order valence-electron chi connectivity index (χ0n) is 10.7. The number of carbonyl (C=O) groups excluding carboxylic acids is 1. The van der Waals surface area contributed by atoms with Crippen LogP contribution in [0.15, 0.2) is 12.4 Å². The monoisotopic (exact) mass is 250 g/mol. The molecule has 1 saturated heterocycles. The van der Waals surface area contributed by atoms with Gasteiger partial charge in [-0.2, -0.15) is 0 Å². The molecular formula is C12H18N4O2. The van der Waals surface area contributed by atoms with Gasteiger partial charge >= 0.3 is 5.97 Å². The molecular weight excluding hydrogens is 232 g/mol. The lowest BCUT2D eigenvalue weighted by Gasteiger charge is -2.10. The molecule has 18 heavy (non-hydrogen) atoms. The van der Waals surface area contributed by atoms with Crippen LogP contribution in [0.3, 0.4) is 0 Å². The van der Waals surface area contributed by atoms with Gasteiger partial charge in [-0.15, -0.1) is 0 Å². The summed E-state index contributed by atoms with van der Waals surface area (Å²) >= 11 is 0. The van der Waals surface area contributed by atoms with E-state index in [-0.39, 0.29) is 12.5 Å². The van der Waals surface area contributed by atoms with Crippen LogP contribution >= 0.6 is 0 Å². The molecule has 0 aliphatic carbocycles. The molecule has 2 rings (SSSR count). The highest BCUT2D eigenvalue weighted by atomic mass is 16.5. The average molecular weight is 250 g/mol. The maximum Gasteiger partial charge on any atom is 0.325 e. The number of hydrogen-bond donors (Lipinski definition) is 1. The predicted molar refractivity (Wildman–Crippen MR) is 67.4 cm³/mol. The molecule has 1 atom stereocenters. The van der Waals surface area contributed by atoms with Crippen molar-refractivity contribution in [2.24, 2.45) is 0 Å². The van der Waals surface area contributed by atoms with Crippen molar-refractivity contribution in [2.45, 2.75) is 12.3 Å². The summed E-state index contributed by atoms with van der Waals surface area (Å²) in [6, 6.07) is 0. The Bertz CT molecular complexity index is 407. The molecule has 1 fully saturated rings. The highest BCUT2D eigenvalue weighted by Gasteiger charge is 2.21. The van der Waals surface area contributed by atoms with Crippen LogP contribution in [0.1, 0.15) is 17.9 Å². The molecule has 1 aliphatic heterocycles. The van der Waals surface area contributed by atoms with E-state index in [1.54, 1.807) is 0 Å². The molecule has 1 N–H and O–H groups in total. The number of methoxy groups -OCH3 is 1. The molecule has 1 aromatic rings. The summed E-state index contributed by atoms with van der Waals surface area (Å²) in [5, 5.41) is 2.81. The van der Waals surface area contributed by atoms with Crippen LogP contribution in [-0.4, -0.2) is 54.6 Å². The van der Waals surface area contributed by atoms with E-state index in [0.717, 1.165) is 25.1 Å². The van der Waals surface area contributed by atoms with Crippen molar-refractivity contribution in [1.29, 1.82) is 0 Å². The van der Waals surface area contributed by atoms with Gasteiger partial charge in [0.05, 0.1) is 7.11 Å². The van der Waals surface area contributed by atoms with Crippen molar-refractivity contribution in [3.8, 4) is 0 Å². The molecule has 0 bridgehead atoms. The van der Waals surface area contributed by atoms with Gasteiger partial charge in [0.1, 0.15) is 6.54 Å². The topological polar surface area (TPSA) is 67.3 Å². The molecule has 1 aromatic heterocycles. The minimum absolute atomic E-state index is 0.0853. The summed E-state index contributed by atoms with van der Waals surface area (Å²) in [5.41, 5.74) is 1.16. The van der Waals surface area contributed by atoms with Crippen LogP contribution in [0.4, 0.5) is 5.95 Å². The molecule has 0 radical (unpaired) electrons. The maximum atomic E-state index is 11.0. The van der Waals surface area contributed by atoms with Gasteiger partial charge in [0.2, 0.25) is 5.95 Å². The van der Waals surface area contributed by atoms with Crippen LogP contribution < -0.4 is 5.32 Å². The van der Waals surface area contributed by atoms with E-state index in [9.17, 15) is 4.79 Å². The highest BCUT2D eigenvalue weighted by Crippen LogP contribution is 2.25. The number of hydrogen-bond acceptors (Lipinski definition) is 6. The van der Waals surface area contributed by atoms with E-state index in [2.05, 4.69) is 32.0 Å². The number of anilines is 1. The van der Waals surface area contributed by atoms with E-state index in [1.807, 2.05) is 12.4 Å². The smallest absolute Gasteiger partial charge is 0.325 e. The van der Waals surface area contributed by atoms with Gasteiger partial charge in [-0.05, 0) is 25.6 Å². The zero-order chi connectivity index (χ0) is 13.0. The van der Waals surface area contributed by atoms with Crippen LogP contribution in [0.25, 0.3) is 0 Å². The first-order valence-electron chi connectivity index (χ1n) is 6.00. The van der Waals surface area contributed by atoms with Gasteiger partial charge in [0.15, 0.2) is 0 Å². The lowest BCUT2D eigenvalue weighted by Crippen LogP contribution is -2.17. The van der Waals surface area contributed by atoms with Gasteiger partial charge in [-0.25, -0.2) is 9.97 Å². The number of likely N-dealkylation sites (tertiary alicyclic amines) is 1. The van der Waals surface area contributed by atoms with Crippen molar-refractivity contribution in [2.75, 3.05) is 39.1 Å². The van der Waals surface area contributed by atoms with E-state index >= 15 is 0 Å². The second-order valence-corrected chi connectivity index (χ2v) is 4.52. The van der Waals surface area contributed by atoms with Gasteiger partial charge in [-0.1, -0.05) is 0 Å². The van der Waals surface area contributed by atoms with Gasteiger partial charge < -0.3 is 15.0 Å². The summed E-state index contributed by atoms with van der Waals surface area (Å²) < 4.78 is 4.53. The molecule has 6 heteroatoms. The van der Waals surface area contributed by atoms with Gasteiger partial charge in [0.25, 0.3) is 0 Å². The predicted octanol–water partition coefficient (Wildman–Crippen LogP) is 0.481. The van der Waals surface area contributed by atoms with E-state index < -0.39 is 0 Å². The van der Waals surface area contributed by atoms with Crippen molar-refractivity contribution in [1.82, 2.24) is 14.9 Å². The fraction of sp³-hybridized carbons (Fsp3) is 0.583. The Morgan fingerprint density at radius 3 is 2.83 bits per heavy atom. The third kappa shape index (κ3) is 3.16. The largest absolute Gasteiger partial charge is 0.468 e. The van der Waals surface area contributed by atoms with Crippen LogP contribution in [0.2, 0.25) is 0 Å². The first-order chi connectivity index (χ1) is 8.69. The molecule has 98 valence electrons. The Labute approximate surface area is 106 Å². The fourth-order valence-electron chi connectivity index (χ4n) is 2.07. The van der Waals surface area contributed by atoms with Gasteiger partial charge in [0, 0.05) is 24.9 Å². The summed E-state index contributed by atoms with van der Waals surface area (Å²) in [5.74, 6) is 0.639. The first kappa shape index (κ1) is 12.8. The Morgan fingerprint density at radius 1 is 1.56 bits per heavy atom. The van der Waals surface area contributed by atoms with Crippen LogP contribution in [0, 0.1) is 0 Å². The quantitative estimate of drug-likeness (QED) is 0.784. The molecule has 1 unspecified atom stereocenters. The molecule has 1 aliphatic rings. The minimum Gasteiger partial charge on any atom is -0.468 e. The number of nitrogens with one attached hydrogen (secondary N) is 1. The zero-order valence-corrected chi connectivity index (χ0v) is 10.7.